The second-order valence-electron chi connectivity index (χ2n) is 13.4. The number of benzene rings is 6. The van der Waals surface area contributed by atoms with Gasteiger partial charge in [0.05, 0.1) is 11.0 Å². The summed E-state index contributed by atoms with van der Waals surface area (Å²) in [4.78, 5) is 0. The van der Waals surface area contributed by atoms with Crippen molar-refractivity contribution in [3.63, 3.8) is 0 Å². The first-order chi connectivity index (χ1) is 21.3. The van der Waals surface area contributed by atoms with Gasteiger partial charge in [-0.05, 0) is 69.0 Å². The molecule has 0 N–H and O–H groups in total. The van der Waals surface area contributed by atoms with E-state index in [9.17, 15) is 0 Å². The third kappa shape index (κ3) is 3.35. The fourth-order valence-corrected chi connectivity index (χ4v) is 9.03. The summed E-state index contributed by atoms with van der Waals surface area (Å²) in [5.41, 5.74) is 12.0. The minimum Gasteiger partial charge on any atom is -0.309 e. The van der Waals surface area contributed by atoms with E-state index in [0.717, 1.165) is 0 Å². The summed E-state index contributed by atoms with van der Waals surface area (Å²) in [5, 5.41) is 5.29. The van der Waals surface area contributed by atoms with Crippen molar-refractivity contribution in [1.29, 1.82) is 0 Å². The van der Waals surface area contributed by atoms with Crippen LogP contribution in [0.4, 0.5) is 0 Å². The van der Waals surface area contributed by atoms with Crippen molar-refractivity contribution in [2.75, 3.05) is 0 Å². The van der Waals surface area contributed by atoms with E-state index in [-0.39, 0.29) is 10.8 Å². The summed E-state index contributed by atoms with van der Waals surface area (Å²) in [6.45, 7) is 9.65. The van der Waals surface area contributed by atoms with Crippen LogP contribution in [0.1, 0.15) is 38.8 Å². The Morgan fingerprint density at radius 3 is 1.82 bits per heavy atom. The molecule has 0 saturated carbocycles. The lowest BCUT2D eigenvalue weighted by molar-refractivity contribution is 0.299. The van der Waals surface area contributed by atoms with Crippen LogP contribution in [-0.4, -0.2) is 4.57 Å². The van der Waals surface area contributed by atoms with Gasteiger partial charge in [-0.1, -0.05) is 125 Å². The molecule has 0 amide bonds. The summed E-state index contributed by atoms with van der Waals surface area (Å²) >= 11 is 1.95. The highest BCUT2D eigenvalue weighted by Crippen LogP contribution is 2.56. The Balaban J connectivity index is 1.18. The second-order valence-corrected chi connectivity index (χ2v) is 14.4. The Morgan fingerprint density at radius 2 is 1.09 bits per heavy atom. The van der Waals surface area contributed by atoms with Crippen molar-refractivity contribution in [3.8, 4) is 27.9 Å². The fourth-order valence-electron chi connectivity index (χ4n) is 7.73. The number of nitrogens with zero attached hydrogens (tertiary/aromatic N) is 1. The van der Waals surface area contributed by atoms with Gasteiger partial charge in [-0.2, -0.15) is 0 Å². The van der Waals surface area contributed by atoms with Gasteiger partial charge >= 0.3 is 0 Å². The Kier molecular flexibility index (Phi) is 5.24. The number of fused-ring (bicyclic) bond motifs is 10. The van der Waals surface area contributed by atoms with Gasteiger partial charge in [-0.25, -0.2) is 0 Å². The van der Waals surface area contributed by atoms with Crippen LogP contribution in [0.15, 0.2) is 127 Å². The Bertz CT molecular complexity index is 2380. The maximum atomic E-state index is 2.42. The van der Waals surface area contributed by atoms with Crippen LogP contribution in [0.25, 0.3) is 69.9 Å². The summed E-state index contributed by atoms with van der Waals surface area (Å²) in [5.74, 6) is 0. The first-order valence-corrected chi connectivity index (χ1v) is 16.3. The highest BCUT2D eigenvalue weighted by atomic mass is 32.1. The van der Waals surface area contributed by atoms with Gasteiger partial charge in [0.2, 0.25) is 0 Å². The predicted molar refractivity (Wildman–Crippen MR) is 191 cm³/mol. The molecule has 9 rings (SSSR count). The van der Waals surface area contributed by atoms with Gasteiger partial charge in [0.15, 0.2) is 0 Å². The smallest absolute Gasteiger partial charge is 0.0541 e. The molecule has 1 aliphatic rings. The normalized spacial score (nSPS) is 15.2. The van der Waals surface area contributed by atoms with Crippen molar-refractivity contribution in [3.05, 3.63) is 139 Å². The molecule has 2 heterocycles. The molecule has 212 valence electrons. The van der Waals surface area contributed by atoms with Crippen LogP contribution < -0.4 is 0 Å². The van der Waals surface area contributed by atoms with Crippen molar-refractivity contribution >= 4 is 53.3 Å². The quantitative estimate of drug-likeness (QED) is 0.191. The zero-order chi connectivity index (χ0) is 29.8. The number of hydrogen-bond donors (Lipinski definition) is 0. The molecule has 2 heteroatoms. The lowest BCUT2D eigenvalue weighted by Crippen LogP contribution is -2.43. The van der Waals surface area contributed by atoms with Crippen LogP contribution in [-0.2, 0) is 10.8 Å². The summed E-state index contributed by atoms with van der Waals surface area (Å²) in [7, 11) is 0. The summed E-state index contributed by atoms with van der Waals surface area (Å²) < 4.78 is 5.14. The third-order valence-corrected chi connectivity index (χ3v) is 12.0. The van der Waals surface area contributed by atoms with Gasteiger partial charge in [0, 0.05) is 42.2 Å². The first kappa shape index (κ1) is 25.8. The predicted octanol–water partition coefficient (Wildman–Crippen LogP) is 12.1. The maximum absolute atomic E-state index is 2.42. The first-order valence-electron chi connectivity index (χ1n) is 15.5. The van der Waals surface area contributed by atoms with E-state index < -0.39 is 0 Å². The summed E-state index contributed by atoms with van der Waals surface area (Å²) in [6, 6.07) is 47.4. The molecule has 44 heavy (non-hydrogen) atoms. The highest BCUT2D eigenvalue weighted by molar-refractivity contribution is 7.26. The second kappa shape index (κ2) is 8.94. The number of para-hydroxylation sites is 2. The molecule has 0 bridgehead atoms. The molecular formula is C42H33NS. The molecule has 8 aromatic rings. The van der Waals surface area contributed by atoms with Crippen molar-refractivity contribution < 1.29 is 0 Å². The minimum absolute atomic E-state index is 0.0182. The largest absolute Gasteiger partial charge is 0.309 e. The molecule has 0 saturated heterocycles. The van der Waals surface area contributed by atoms with Crippen LogP contribution >= 0.6 is 11.3 Å². The van der Waals surface area contributed by atoms with E-state index in [2.05, 4.69) is 160 Å². The lowest BCUT2D eigenvalue weighted by atomic mass is 9.55. The number of rotatable bonds is 2. The third-order valence-electron chi connectivity index (χ3n) is 10.8. The Labute approximate surface area is 262 Å². The molecule has 0 spiro atoms. The van der Waals surface area contributed by atoms with Gasteiger partial charge < -0.3 is 4.57 Å². The zero-order valence-electron chi connectivity index (χ0n) is 25.5. The van der Waals surface area contributed by atoms with E-state index in [1.165, 1.54) is 81.0 Å². The average molecular weight is 584 g/mol. The monoisotopic (exact) mass is 583 g/mol. The average Bonchev–Trinajstić information content (AvgIpc) is 3.59. The highest BCUT2D eigenvalue weighted by Gasteiger charge is 2.46. The molecule has 0 aliphatic heterocycles. The molecular weight excluding hydrogens is 551 g/mol. The van der Waals surface area contributed by atoms with Gasteiger partial charge in [0.25, 0.3) is 0 Å². The molecule has 2 aromatic heterocycles. The number of thiophene rings is 1. The summed E-state index contributed by atoms with van der Waals surface area (Å²) in [6.07, 6.45) is 0. The van der Waals surface area contributed by atoms with Crippen LogP contribution in [0.2, 0.25) is 0 Å². The zero-order valence-corrected chi connectivity index (χ0v) is 26.3. The van der Waals surface area contributed by atoms with E-state index in [4.69, 9.17) is 0 Å². The SMILES string of the molecule is CC1(C)c2ccccc2-c2c(ccc3c2sc2cc(-c4ccc(-n5c6ccccc6c6ccccc65)cc4)ccc23)C1(C)C. The molecule has 0 unspecified atom stereocenters. The van der Waals surface area contributed by atoms with E-state index in [1.54, 1.807) is 0 Å². The topological polar surface area (TPSA) is 4.93 Å². The van der Waals surface area contributed by atoms with E-state index in [0.29, 0.717) is 0 Å². The van der Waals surface area contributed by atoms with Crippen molar-refractivity contribution in [2.45, 2.75) is 38.5 Å². The molecule has 6 aromatic carbocycles. The molecule has 0 fully saturated rings. The standard InChI is InChI=1S/C42H33NS/c1-41(2)34-14-8-5-13-33(34)39-35(42(41,3)4)24-23-32-31-22-19-27(25-38(31)44-40(32)39)26-17-20-28(21-18-26)43-36-15-9-6-11-29(36)30-12-7-10-16-37(30)43/h5-25H,1-4H3. The molecule has 0 radical (unpaired) electrons. The lowest BCUT2D eigenvalue weighted by Gasteiger charge is -2.48. The fraction of sp³-hybridized carbons (Fsp3) is 0.143. The van der Waals surface area contributed by atoms with Gasteiger partial charge in [-0.3, -0.25) is 0 Å². The number of aromatic nitrogens is 1. The van der Waals surface area contributed by atoms with Crippen molar-refractivity contribution in [1.82, 2.24) is 4.57 Å². The number of hydrogen-bond acceptors (Lipinski definition) is 1. The Morgan fingerprint density at radius 1 is 0.500 bits per heavy atom. The van der Waals surface area contributed by atoms with Crippen LogP contribution in [0.5, 0.6) is 0 Å². The Hall–Kier alpha value is -4.66. The van der Waals surface area contributed by atoms with E-state index >= 15 is 0 Å². The maximum Gasteiger partial charge on any atom is 0.0541 e. The van der Waals surface area contributed by atoms with E-state index in [1.807, 2.05) is 11.3 Å². The molecule has 1 aliphatic carbocycles. The van der Waals surface area contributed by atoms with Crippen molar-refractivity contribution in [2.24, 2.45) is 0 Å². The molecule has 0 atom stereocenters. The molecule has 1 nitrogen and oxygen atoms in total. The van der Waals surface area contributed by atoms with Crippen LogP contribution in [0, 0.1) is 0 Å². The van der Waals surface area contributed by atoms with Crippen LogP contribution in [0.3, 0.4) is 0 Å². The minimum atomic E-state index is 0.0182. The van der Waals surface area contributed by atoms with Gasteiger partial charge in [0.1, 0.15) is 0 Å². The van der Waals surface area contributed by atoms with Gasteiger partial charge in [-0.15, -0.1) is 11.3 Å².